The van der Waals surface area contributed by atoms with Crippen molar-refractivity contribution in [3.63, 3.8) is 0 Å². The minimum Gasteiger partial charge on any atom is -0.103 e. The molecule has 0 spiro atoms. The molecular formula is C60H96. The topological polar surface area (TPSA) is 0 Å². The number of rotatable bonds is 26. The highest BCUT2D eigenvalue weighted by Gasteiger charge is 2.29. The zero-order chi connectivity index (χ0) is 44.8. The summed E-state index contributed by atoms with van der Waals surface area (Å²) in [5.41, 5.74) is 15.8. The standard InChI is InChI=1S/2C30H48/c1-8-30(22-12-19-28(7)17-10-15-26(4)5)23-13-21-29(24-30)20-11-18-27(6)16-9-14-25(2)3;1-8-30(22-12-18-28(7)16-10-14-26(4)5)23-20-29(21-24-30)19-11-17-27(6)15-9-13-25(2)3/h8,14-15,18-19,21H,1,9-13,16-17,20,22-24H2,2-7H3;8,13-14,17-18,20H,1,9-12,15-16,19,21-24H2,2-7H3. The summed E-state index contributed by atoms with van der Waals surface area (Å²) < 4.78 is 0. The predicted molar refractivity (Wildman–Crippen MR) is 276 cm³/mol. The lowest BCUT2D eigenvalue weighted by Gasteiger charge is -2.35. The van der Waals surface area contributed by atoms with Crippen LogP contribution < -0.4 is 0 Å². The molecule has 0 radical (unpaired) electrons. The van der Waals surface area contributed by atoms with Crippen LogP contribution in [0, 0.1) is 10.8 Å². The first-order valence-electron chi connectivity index (χ1n) is 24.3. The minimum absolute atomic E-state index is 0.309. The molecule has 60 heavy (non-hydrogen) atoms. The van der Waals surface area contributed by atoms with E-state index in [0.29, 0.717) is 10.8 Å². The Hall–Kier alpha value is -3.12. The average molecular weight is 817 g/mol. The zero-order valence-electron chi connectivity index (χ0n) is 41.9. The maximum Gasteiger partial charge on any atom is -0.00779 e. The highest BCUT2D eigenvalue weighted by Crippen LogP contribution is 2.43. The Bertz CT molecular complexity index is 1580. The Labute approximate surface area is 375 Å². The number of allylic oxidation sites excluding steroid dienone is 22. The molecule has 0 nitrogen and oxygen atoms in total. The predicted octanol–water partition coefficient (Wildman–Crippen LogP) is 20.4. The molecule has 2 rings (SSSR count). The quantitative estimate of drug-likeness (QED) is 0.0763. The molecule has 336 valence electrons. The van der Waals surface area contributed by atoms with E-state index < -0.39 is 0 Å². The van der Waals surface area contributed by atoms with Crippen molar-refractivity contribution in [1.29, 1.82) is 0 Å². The van der Waals surface area contributed by atoms with Gasteiger partial charge in [0.05, 0.1) is 0 Å². The van der Waals surface area contributed by atoms with E-state index in [2.05, 4.69) is 169 Å². The van der Waals surface area contributed by atoms with E-state index in [1.165, 1.54) is 186 Å². The van der Waals surface area contributed by atoms with E-state index in [4.69, 9.17) is 0 Å². The van der Waals surface area contributed by atoms with Gasteiger partial charge < -0.3 is 0 Å². The molecule has 0 saturated heterocycles. The van der Waals surface area contributed by atoms with Crippen molar-refractivity contribution in [2.24, 2.45) is 10.8 Å². The molecule has 0 saturated carbocycles. The van der Waals surface area contributed by atoms with Gasteiger partial charge in [-0.1, -0.05) is 129 Å². The molecule has 0 heteroatoms. The Balaban J connectivity index is 0.000000600. The van der Waals surface area contributed by atoms with E-state index in [0.717, 1.165) is 0 Å². The van der Waals surface area contributed by atoms with Crippen molar-refractivity contribution in [1.82, 2.24) is 0 Å². The molecule has 0 aromatic rings. The fourth-order valence-electron chi connectivity index (χ4n) is 8.54. The van der Waals surface area contributed by atoms with Gasteiger partial charge in [0.15, 0.2) is 0 Å². The highest BCUT2D eigenvalue weighted by molar-refractivity contribution is 5.18. The molecule has 2 unspecified atom stereocenters. The molecule has 2 atom stereocenters. The molecule has 0 heterocycles. The third kappa shape index (κ3) is 27.0. The van der Waals surface area contributed by atoms with Crippen LogP contribution >= 0.6 is 0 Å². The Kier molecular flexibility index (Phi) is 29.0. The van der Waals surface area contributed by atoms with Crippen LogP contribution in [0.1, 0.15) is 224 Å². The first-order valence-corrected chi connectivity index (χ1v) is 24.3. The maximum atomic E-state index is 4.24. The van der Waals surface area contributed by atoms with Crippen LogP contribution in [0.2, 0.25) is 0 Å². The van der Waals surface area contributed by atoms with Gasteiger partial charge in [-0.05, 0) is 235 Å². The third-order valence-corrected chi connectivity index (χ3v) is 12.8. The SMILES string of the molecule is C=CC1(CCC=C(C)CCC=C(C)C)CC=C(CCC=C(C)CCC=C(C)C)CC1.C=CC1(CCC=C(C)CCC=C(C)C)CCC=C(CCC=C(C)CCC=C(C)C)C1. The normalized spacial score (nSPS) is 19.9. The van der Waals surface area contributed by atoms with Crippen LogP contribution in [-0.2, 0) is 0 Å². The molecule has 0 aromatic heterocycles. The molecule has 0 N–H and O–H groups in total. The zero-order valence-corrected chi connectivity index (χ0v) is 41.9. The van der Waals surface area contributed by atoms with Crippen molar-refractivity contribution in [3.05, 3.63) is 142 Å². The maximum absolute atomic E-state index is 4.24. The Morgan fingerprint density at radius 1 is 0.450 bits per heavy atom. The number of hydrogen-bond donors (Lipinski definition) is 0. The molecule has 0 fully saturated rings. The van der Waals surface area contributed by atoms with Crippen LogP contribution in [0.5, 0.6) is 0 Å². The molecule has 0 bridgehead atoms. The van der Waals surface area contributed by atoms with Crippen molar-refractivity contribution in [2.45, 2.75) is 224 Å². The molecule has 0 aromatic carbocycles. The summed E-state index contributed by atoms with van der Waals surface area (Å²) in [4.78, 5) is 0. The molecule has 0 aliphatic heterocycles. The summed E-state index contributed by atoms with van der Waals surface area (Å²) in [6.45, 7) is 35.0. The van der Waals surface area contributed by atoms with Crippen molar-refractivity contribution in [2.75, 3.05) is 0 Å². The van der Waals surface area contributed by atoms with Crippen molar-refractivity contribution < 1.29 is 0 Å². The van der Waals surface area contributed by atoms with E-state index in [1.54, 1.807) is 11.1 Å². The molecule has 2 aliphatic rings. The first kappa shape index (κ1) is 54.9. The summed E-state index contributed by atoms with van der Waals surface area (Å²) in [6, 6.07) is 0. The smallest absolute Gasteiger partial charge is 0.00779 e. The molecule has 2 aliphatic carbocycles. The lowest BCUT2D eigenvalue weighted by Crippen LogP contribution is -2.21. The highest BCUT2D eigenvalue weighted by atomic mass is 14.3. The lowest BCUT2D eigenvalue weighted by atomic mass is 9.70. The van der Waals surface area contributed by atoms with E-state index in [9.17, 15) is 0 Å². The second-order valence-electron chi connectivity index (χ2n) is 19.9. The fourth-order valence-corrected chi connectivity index (χ4v) is 8.54. The van der Waals surface area contributed by atoms with Crippen LogP contribution in [0.3, 0.4) is 0 Å². The van der Waals surface area contributed by atoms with Crippen molar-refractivity contribution in [3.8, 4) is 0 Å². The van der Waals surface area contributed by atoms with Crippen LogP contribution in [0.15, 0.2) is 142 Å². The van der Waals surface area contributed by atoms with Gasteiger partial charge in [0.2, 0.25) is 0 Å². The summed E-state index contributed by atoms with van der Waals surface area (Å²) in [5, 5.41) is 0. The molecule has 0 amide bonds. The summed E-state index contributed by atoms with van der Waals surface area (Å²) in [7, 11) is 0. The van der Waals surface area contributed by atoms with E-state index >= 15 is 0 Å². The van der Waals surface area contributed by atoms with Gasteiger partial charge >= 0.3 is 0 Å². The summed E-state index contributed by atoms with van der Waals surface area (Å²) in [5.74, 6) is 0. The second kappa shape index (κ2) is 31.7. The summed E-state index contributed by atoms with van der Waals surface area (Å²) >= 11 is 0. The summed E-state index contributed by atoms with van der Waals surface area (Å²) in [6.07, 6.45) is 55.3. The van der Waals surface area contributed by atoms with Gasteiger partial charge in [0, 0.05) is 0 Å². The fraction of sp³-hybridized carbons (Fsp3) is 0.600. The monoisotopic (exact) mass is 817 g/mol. The van der Waals surface area contributed by atoms with Crippen molar-refractivity contribution >= 4 is 0 Å². The van der Waals surface area contributed by atoms with Gasteiger partial charge in [0.25, 0.3) is 0 Å². The van der Waals surface area contributed by atoms with Gasteiger partial charge in [-0.3, -0.25) is 0 Å². The molecular weight excluding hydrogens is 721 g/mol. The van der Waals surface area contributed by atoms with Crippen LogP contribution in [0.4, 0.5) is 0 Å². The average Bonchev–Trinajstić information content (AvgIpc) is 3.18. The van der Waals surface area contributed by atoms with Crippen LogP contribution in [0.25, 0.3) is 0 Å². The number of hydrogen-bond acceptors (Lipinski definition) is 0. The third-order valence-electron chi connectivity index (χ3n) is 12.8. The minimum atomic E-state index is 0.309. The second-order valence-corrected chi connectivity index (χ2v) is 19.9. The lowest BCUT2D eigenvalue weighted by molar-refractivity contribution is 0.308. The van der Waals surface area contributed by atoms with Gasteiger partial charge in [-0.2, -0.15) is 0 Å². The largest absolute Gasteiger partial charge is 0.103 e. The van der Waals surface area contributed by atoms with Crippen LogP contribution in [-0.4, -0.2) is 0 Å². The Morgan fingerprint density at radius 2 is 0.833 bits per heavy atom. The van der Waals surface area contributed by atoms with Gasteiger partial charge in [-0.15, -0.1) is 13.2 Å². The Morgan fingerprint density at radius 3 is 1.20 bits per heavy atom. The van der Waals surface area contributed by atoms with E-state index in [-0.39, 0.29) is 0 Å². The van der Waals surface area contributed by atoms with E-state index in [1.807, 2.05) is 0 Å². The first-order chi connectivity index (χ1) is 28.5. The van der Waals surface area contributed by atoms with Gasteiger partial charge in [-0.25, -0.2) is 0 Å². The van der Waals surface area contributed by atoms with Gasteiger partial charge in [0.1, 0.15) is 0 Å².